The summed E-state index contributed by atoms with van der Waals surface area (Å²) in [7, 11) is 0. The summed E-state index contributed by atoms with van der Waals surface area (Å²) in [5.41, 5.74) is 6.47. The van der Waals surface area contributed by atoms with Gasteiger partial charge in [-0.15, -0.1) is 0 Å². The molecule has 0 heterocycles. The van der Waals surface area contributed by atoms with Crippen LogP contribution in [0, 0.1) is 0 Å². The highest BCUT2D eigenvalue weighted by Gasteiger charge is 2.27. The van der Waals surface area contributed by atoms with Crippen molar-refractivity contribution in [3.8, 4) is 0 Å². The van der Waals surface area contributed by atoms with E-state index in [-0.39, 0.29) is 5.54 Å². The minimum atomic E-state index is 0.0960. The Hall–Kier alpha value is -0.0800. The molecule has 1 atom stereocenters. The fraction of sp³-hybridized carbons (Fsp3) is 1.00. The number of rotatable bonds is 6. The van der Waals surface area contributed by atoms with Crippen LogP contribution in [0.25, 0.3) is 0 Å². The maximum absolute atomic E-state index is 6.37. The molecule has 1 aliphatic rings. The van der Waals surface area contributed by atoms with Gasteiger partial charge >= 0.3 is 0 Å². The van der Waals surface area contributed by atoms with E-state index >= 15 is 0 Å². The molecular weight excluding hydrogens is 184 g/mol. The van der Waals surface area contributed by atoms with E-state index in [4.69, 9.17) is 5.73 Å². The lowest BCUT2D eigenvalue weighted by molar-refractivity contribution is 0.272. The second-order valence-electron chi connectivity index (χ2n) is 5.35. The van der Waals surface area contributed by atoms with Crippen LogP contribution >= 0.6 is 0 Å². The van der Waals surface area contributed by atoms with Crippen molar-refractivity contribution >= 4 is 0 Å². The monoisotopic (exact) mass is 212 g/mol. The first-order chi connectivity index (χ1) is 7.16. The van der Waals surface area contributed by atoms with E-state index in [9.17, 15) is 0 Å². The predicted molar refractivity (Wildman–Crippen MR) is 67.0 cm³/mol. The van der Waals surface area contributed by atoms with Crippen molar-refractivity contribution in [3.05, 3.63) is 0 Å². The Morgan fingerprint density at radius 2 is 1.93 bits per heavy atom. The molecule has 0 aromatic rings. The molecule has 0 saturated heterocycles. The van der Waals surface area contributed by atoms with Gasteiger partial charge in [0.25, 0.3) is 0 Å². The number of nitrogens with two attached hydrogens (primary N) is 1. The highest BCUT2D eigenvalue weighted by molar-refractivity contribution is 4.89. The van der Waals surface area contributed by atoms with Crippen LogP contribution in [0.3, 0.4) is 0 Å². The Morgan fingerprint density at radius 1 is 1.27 bits per heavy atom. The Labute approximate surface area is 95.0 Å². The second-order valence-corrected chi connectivity index (χ2v) is 5.35. The van der Waals surface area contributed by atoms with Crippen molar-refractivity contribution in [2.45, 2.75) is 76.8 Å². The Kier molecular flexibility index (Phi) is 5.62. The van der Waals surface area contributed by atoms with E-state index in [0.717, 1.165) is 6.54 Å². The first-order valence-corrected chi connectivity index (χ1v) is 6.68. The summed E-state index contributed by atoms with van der Waals surface area (Å²) >= 11 is 0. The Morgan fingerprint density at radius 3 is 2.53 bits per heavy atom. The number of hydrogen-bond acceptors (Lipinski definition) is 2. The summed E-state index contributed by atoms with van der Waals surface area (Å²) < 4.78 is 0. The van der Waals surface area contributed by atoms with Gasteiger partial charge in [0.15, 0.2) is 0 Å². The lowest BCUT2D eigenvalue weighted by Gasteiger charge is -2.34. The molecule has 1 rings (SSSR count). The number of nitrogens with one attached hydrogen (secondary N) is 1. The summed E-state index contributed by atoms with van der Waals surface area (Å²) in [6.45, 7) is 5.54. The molecule has 0 aromatic heterocycles. The Bertz CT molecular complexity index is 162. The highest BCUT2D eigenvalue weighted by Crippen LogP contribution is 2.25. The van der Waals surface area contributed by atoms with E-state index in [1.165, 1.54) is 51.4 Å². The first kappa shape index (κ1) is 13.0. The molecular formula is C13H28N2. The topological polar surface area (TPSA) is 38.0 Å². The molecule has 1 unspecified atom stereocenters. The van der Waals surface area contributed by atoms with Gasteiger partial charge in [0.1, 0.15) is 0 Å². The molecule has 0 amide bonds. The lowest BCUT2D eigenvalue weighted by Crippen LogP contribution is -2.51. The molecule has 0 spiro atoms. The van der Waals surface area contributed by atoms with E-state index < -0.39 is 0 Å². The Balaban J connectivity index is 2.16. The van der Waals surface area contributed by atoms with Crippen LogP contribution in [-0.2, 0) is 0 Å². The van der Waals surface area contributed by atoms with Crippen LogP contribution in [0.2, 0.25) is 0 Å². The van der Waals surface area contributed by atoms with Gasteiger partial charge in [0, 0.05) is 18.1 Å². The summed E-state index contributed by atoms with van der Waals surface area (Å²) in [4.78, 5) is 0. The lowest BCUT2D eigenvalue weighted by atomic mass is 9.82. The first-order valence-electron chi connectivity index (χ1n) is 6.68. The van der Waals surface area contributed by atoms with Gasteiger partial charge in [0.2, 0.25) is 0 Å². The zero-order valence-corrected chi connectivity index (χ0v) is 10.5. The van der Waals surface area contributed by atoms with Crippen molar-refractivity contribution in [1.29, 1.82) is 0 Å². The van der Waals surface area contributed by atoms with E-state index in [1.807, 2.05) is 0 Å². The van der Waals surface area contributed by atoms with Gasteiger partial charge in [-0.2, -0.15) is 0 Å². The molecule has 15 heavy (non-hydrogen) atoms. The third-order valence-electron chi connectivity index (χ3n) is 3.64. The molecule has 2 nitrogen and oxygen atoms in total. The summed E-state index contributed by atoms with van der Waals surface area (Å²) in [5.74, 6) is 0. The molecule has 0 radical (unpaired) electrons. The predicted octanol–water partition coefficient (Wildman–Crippen LogP) is 2.82. The van der Waals surface area contributed by atoms with Crippen molar-refractivity contribution in [3.63, 3.8) is 0 Å². The normalized spacial score (nSPS) is 22.6. The van der Waals surface area contributed by atoms with Crippen molar-refractivity contribution in [2.75, 3.05) is 6.54 Å². The van der Waals surface area contributed by atoms with Gasteiger partial charge in [0.05, 0.1) is 0 Å². The fourth-order valence-electron chi connectivity index (χ4n) is 2.42. The van der Waals surface area contributed by atoms with Crippen molar-refractivity contribution in [1.82, 2.24) is 5.32 Å². The van der Waals surface area contributed by atoms with Crippen LogP contribution in [-0.4, -0.2) is 18.1 Å². The van der Waals surface area contributed by atoms with Gasteiger partial charge in [-0.25, -0.2) is 0 Å². The van der Waals surface area contributed by atoms with Gasteiger partial charge < -0.3 is 11.1 Å². The summed E-state index contributed by atoms with van der Waals surface area (Å²) in [5, 5.41) is 3.60. The van der Waals surface area contributed by atoms with Crippen molar-refractivity contribution < 1.29 is 0 Å². The summed E-state index contributed by atoms with van der Waals surface area (Å²) in [6.07, 6.45) is 10.3. The van der Waals surface area contributed by atoms with E-state index in [1.54, 1.807) is 0 Å². The average molecular weight is 212 g/mol. The van der Waals surface area contributed by atoms with Crippen LogP contribution < -0.4 is 11.1 Å². The SMILES string of the molecule is CCCCC(C)NCC1(N)CCCCC1. The molecule has 1 fully saturated rings. The zero-order chi connectivity index (χ0) is 11.1. The minimum Gasteiger partial charge on any atom is -0.324 e. The zero-order valence-electron chi connectivity index (χ0n) is 10.5. The largest absolute Gasteiger partial charge is 0.324 e. The van der Waals surface area contributed by atoms with E-state index in [2.05, 4.69) is 19.2 Å². The van der Waals surface area contributed by atoms with Gasteiger partial charge in [-0.1, -0.05) is 39.0 Å². The maximum atomic E-state index is 6.37. The molecule has 0 bridgehead atoms. The number of hydrogen-bond donors (Lipinski definition) is 2. The van der Waals surface area contributed by atoms with Crippen LogP contribution in [0.1, 0.15) is 65.2 Å². The van der Waals surface area contributed by atoms with Crippen LogP contribution in [0.4, 0.5) is 0 Å². The maximum Gasteiger partial charge on any atom is 0.0280 e. The quantitative estimate of drug-likeness (QED) is 0.710. The summed E-state index contributed by atoms with van der Waals surface area (Å²) in [6, 6.07) is 0.632. The van der Waals surface area contributed by atoms with Gasteiger partial charge in [-0.3, -0.25) is 0 Å². The minimum absolute atomic E-state index is 0.0960. The third kappa shape index (κ3) is 4.98. The molecule has 1 saturated carbocycles. The third-order valence-corrected chi connectivity index (χ3v) is 3.64. The number of unbranched alkanes of at least 4 members (excludes halogenated alkanes) is 1. The molecule has 3 N–H and O–H groups in total. The van der Waals surface area contributed by atoms with Crippen LogP contribution in [0.5, 0.6) is 0 Å². The van der Waals surface area contributed by atoms with E-state index in [0.29, 0.717) is 6.04 Å². The van der Waals surface area contributed by atoms with Gasteiger partial charge in [-0.05, 0) is 26.2 Å². The molecule has 0 aromatic carbocycles. The molecule has 90 valence electrons. The average Bonchev–Trinajstić information content (AvgIpc) is 2.25. The van der Waals surface area contributed by atoms with Crippen molar-refractivity contribution in [2.24, 2.45) is 5.73 Å². The smallest absolute Gasteiger partial charge is 0.0280 e. The molecule has 0 aliphatic heterocycles. The second kappa shape index (κ2) is 6.49. The van der Waals surface area contributed by atoms with Crippen LogP contribution in [0.15, 0.2) is 0 Å². The molecule has 1 aliphatic carbocycles. The fourth-order valence-corrected chi connectivity index (χ4v) is 2.42. The molecule has 2 heteroatoms. The highest BCUT2D eigenvalue weighted by atomic mass is 15.0. The standard InChI is InChI=1S/C13H28N2/c1-3-4-8-12(2)15-11-13(14)9-6-5-7-10-13/h12,15H,3-11,14H2,1-2H3.